The number of nitrogens with one attached hydrogen (secondary N) is 1. The molecule has 2 atom stereocenters. The molecule has 0 aliphatic rings. The van der Waals surface area contributed by atoms with Gasteiger partial charge in [-0.1, -0.05) is 0 Å². The summed E-state index contributed by atoms with van der Waals surface area (Å²) >= 11 is 1.65. The first kappa shape index (κ1) is 8.56. The van der Waals surface area contributed by atoms with E-state index in [4.69, 9.17) is 5.11 Å². The molecular formula is C8H13NOS. The topological polar surface area (TPSA) is 32.3 Å². The highest BCUT2D eigenvalue weighted by atomic mass is 32.1. The molecule has 2 unspecified atom stereocenters. The van der Waals surface area contributed by atoms with Crippen molar-refractivity contribution in [2.24, 2.45) is 0 Å². The molecule has 11 heavy (non-hydrogen) atoms. The number of aliphatic hydroxyl groups is 1. The third kappa shape index (κ3) is 2.52. The summed E-state index contributed by atoms with van der Waals surface area (Å²) in [6.45, 7) is 3.74. The fraction of sp³-hybridized carbons (Fsp3) is 0.500. The van der Waals surface area contributed by atoms with E-state index in [1.165, 1.54) is 0 Å². The molecule has 0 aliphatic heterocycles. The van der Waals surface area contributed by atoms with Gasteiger partial charge in [0.25, 0.3) is 0 Å². The van der Waals surface area contributed by atoms with Crippen LogP contribution in [-0.4, -0.2) is 17.3 Å². The molecule has 62 valence electrons. The Morgan fingerprint density at radius 2 is 2.27 bits per heavy atom. The first-order chi connectivity index (χ1) is 5.20. The van der Waals surface area contributed by atoms with Gasteiger partial charge in [0.15, 0.2) is 0 Å². The van der Waals surface area contributed by atoms with Gasteiger partial charge in [-0.2, -0.15) is 11.3 Å². The summed E-state index contributed by atoms with van der Waals surface area (Å²) in [5.74, 6) is 0. The van der Waals surface area contributed by atoms with Crippen molar-refractivity contribution in [3.05, 3.63) is 16.8 Å². The van der Waals surface area contributed by atoms with Crippen molar-refractivity contribution in [3.63, 3.8) is 0 Å². The molecule has 1 aromatic rings. The van der Waals surface area contributed by atoms with E-state index >= 15 is 0 Å². The van der Waals surface area contributed by atoms with E-state index in [1.807, 2.05) is 23.8 Å². The Bertz CT molecular complexity index is 196. The minimum absolute atomic E-state index is 0.115. The lowest BCUT2D eigenvalue weighted by molar-refractivity contribution is 0.178. The van der Waals surface area contributed by atoms with Gasteiger partial charge in [0.05, 0.1) is 6.10 Å². The third-order valence-corrected chi connectivity index (χ3v) is 2.32. The molecule has 0 spiro atoms. The first-order valence-corrected chi connectivity index (χ1v) is 4.61. The Morgan fingerprint density at radius 1 is 1.55 bits per heavy atom. The summed E-state index contributed by atoms with van der Waals surface area (Å²) in [5, 5.41) is 16.4. The van der Waals surface area contributed by atoms with Crippen molar-refractivity contribution in [2.45, 2.75) is 26.0 Å². The van der Waals surface area contributed by atoms with Gasteiger partial charge in [-0.25, -0.2) is 0 Å². The lowest BCUT2D eigenvalue weighted by Crippen LogP contribution is -2.27. The van der Waals surface area contributed by atoms with E-state index in [0.717, 1.165) is 5.69 Å². The fourth-order valence-corrected chi connectivity index (χ4v) is 1.33. The summed E-state index contributed by atoms with van der Waals surface area (Å²) < 4.78 is 0. The predicted molar refractivity (Wildman–Crippen MR) is 49.1 cm³/mol. The number of anilines is 1. The van der Waals surface area contributed by atoms with Crippen LogP contribution in [0, 0.1) is 0 Å². The monoisotopic (exact) mass is 171 g/mol. The molecule has 0 fully saturated rings. The van der Waals surface area contributed by atoms with Crippen LogP contribution >= 0.6 is 11.3 Å². The maximum atomic E-state index is 9.16. The lowest BCUT2D eigenvalue weighted by Gasteiger charge is -2.16. The number of rotatable bonds is 3. The summed E-state index contributed by atoms with van der Waals surface area (Å²) in [7, 11) is 0. The molecule has 0 bridgehead atoms. The maximum Gasteiger partial charge on any atom is 0.0710 e. The Hall–Kier alpha value is -0.540. The predicted octanol–water partition coefficient (Wildman–Crippen LogP) is 1.93. The molecule has 0 aliphatic carbocycles. The highest BCUT2D eigenvalue weighted by Gasteiger charge is 2.07. The number of hydrogen-bond donors (Lipinski definition) is 2. The van der Waals surface area contributed by atoms with Crippen LogP contribution in [0.3, 0.4) is 0 Å². The largest absolute Gasteiger partial charge is 0.391 e. The summed E-state index contributed by atoms with van der Waals surface area (Å²) in [4.78, 5) is 0. The Morgan fingerprint density at radius 3 is 2.73 bits per heavy atom. The molecule has 0 aromatic carbocycles. The van der Waals surface area contributed by atoms with Crippen molar-refractivity contribution in [1.29, 1.82) is 0 Å². The molecule has 2 nitrogen and oxygen atoms in total. The summed E-state index contributed by atoms with van der Waals surface area (Å²) in [5.41, 5.74) is 1.09. The van der Waals surface area contributed by atoms with Crippen molar-refractivity contribution >= 4 is 17.0 Å². The summed E-state index contributed by atoms with van der Waals surface area (Å²) in [6.07, 6.45) is -0.310. The fourth-order valence-electron chi connectivity index (χ4n) is 0.730. The molecule has 0 amide bonds. The molecule has 0 radical (unpaired) electrons. The van der Waals surface area contributed by atoms with Gasteiger partial charge in [0.1, 0.15) is 0 Å². The van der Waals surface area contributed by atoms with E-state index in [0.29, 0.717) is 0 Å². The second kappa shape index (κ2) is 3.74. The molecular weight excluding hydrogens is 158 g/mol. The lowest BCUT2D eigenvalue weighted by atomic mass is 10.2. The van der Waals surface area contributed by atoms with Gasteiger partial charge in [-0.15, -0.1) is 0 Å². The van der Waals surface area contributed by atoms with E-state index in [-0.39, 0.29) is 12.1 Å². The highest BCUT2D eigenvalue weighted by Crippen LogP contribution is 2.13. The van der Waals surface area contributed by atoms with Gasteiger partial charge in [0, 0.05) is 17.1 Å². The third-order valence-electron chi connectivity index (χ3n) is 1.64. The van der Waals surface area contributed by atoms with E-state index in [2.05, 4.69) is 5.32 Å². The van der Waals surface area contributed by atoms with Gasteiger partial charge >= 0.3 is 0 Å². The number of hydrogen-bond acceptors (Lipinski definition) is 3. The van der Waals surface area contributed by atoms with Crippen molar-refractivity contribution < 1.29 is 5.11 Å². The van der Waals surface area contributed by atoms with E-state index in [1.54, 1.807) is 18.3 Å². The zero-order chi connectivity index (χ0) is 8.27. The van der Waals surface area contributed by atoms with Crippen LogP contribution in [0.2, 0.25) is 0 Å². The second-order valence-corrected chi connectivity index (χ2v) is 3.47. The quantitative estimate of drug-likeness (QED) is 0.728. The first-order valence-electron chi connectivity index (χ1n) is 3.67. The SMILES string of the molecule is CC(O)C(C)Nc1ccsc1. The molecule has 3 heteroatoms. The number of aliphatic hydroxyl groups excluding tert-OH is 1. The zero-order valence-corrected chi connectivity index (χ0v) is 7.56. The normalized spacial score (nSPS) is 15.9. The number of thiophene rings is 1. The molecule has 2 N–H and O–H groups in total. The van der Waals surface area contributed by atoms with Crippen LogP contribution in [0.15, 0.2) is 16.8 Å². The molecule has 1 aromatic heterocycles. The minimum Gasteiger partial charge on any atom is -0.391 e. The van der Waals surface area contributed by atoms with Gasteiger partial charge in [-0.05, 0) is 25.3 Å². The van der Waals surface area contributed by atoms with Crippen molar-refractivity contribution in [1.82, 2.24) is 0 Å². The highest BCUT2D eigenvalue weighted by molar-refractivity contribution is 7.08. The standard InChI is InChI=1S/C8H13NOS/c1-6(7(2)10)9-8-3-4-11-5-8/h3-7,9-10H,1-2H3. The van der Waals surface area contributed by atoms with Gasteiger partial charge < -0.3 is 10.4 Å². The average molecular weight is 171 g/mol. The molecule has 0 saturated heterocycles. The smallest absolute Gasteiger partial charge is 0.0710 e. The Balaban J connectivity index is 2.43. The van der Waals surface area contributed by atoms with Gasteiger partial charge in [-0.3, -0.25) is 0 Å². The van der Waals surface area contributed by atoms with Crippen LogP contribution < -0.4 is 5.32 Å². The van der Waals surface area contributed by atoms with Crippen molar-refractivity contribution in [2.75, 3.05) is 5.32 Å². The Labute approximate surface area is 70.9 Å². The molecule has 1 heterocycles. The van der Waals surface area contributed by atoms with Crippen LogP contribution in [-0.2, 0) is 0 Å². The van der Waals surface area contributed by atoms with Crippen LogP contribution in [0.25, 0.3) is 0 Å². The summed E-state index contributed by atoms with van der Waals surface area (Å²) in [6, 6.07) is 2.12. The zero-order valence-electron chi connectivity index (χ0n) is 6.74. The van der Waals surface area contributed by atoms with E-state index in [9.17, 15) is 0 Å². The average Bonchev–Trinajstić information content (AvgIpc) is 2.39. The van der Waals surface area contributed by atoms with Gasteiger partial charge in [0.2, 0.25) is 0 Å². The van der Waals surface area contributed by atoms with Crippen LogP contribution in [0.1, 0.15) is 13.8 Å². The van der Waals surface area contributed by atoms with Crippen LogP contribution in [0.5, 0.6) is 0 Å². The molecule has 1 rings (SSSR count). The van der Waals surface area contributed by atoms with E-state index < -0.39 is 0 Å². The minimum atomic E-state index is -0.310. The Kier molecular flexibility index (Phi) is 2.91. The maximum absolute atomic E-state index is 9.16. The molecule has 0 saturated carbocycles. The van der Waals surface area contributed by atoms with Crippen molar-refractivity contribution in [3.8, 4) is 0 Å². The van der Waals surface area contributed by atoms with Crippen LogP contribution in [0.4, 0.5) is 5.69 Å². The second-order valence-electron chi connectivity index (χ2n) is 2.69.